The molecule has 0 heterocycles. The third-order valence-corrected chi connectivity index (χ3v) is 5.54. The van der Waals surface area contributed by atoms with Gasteiger partial charge in [0.1, 0.15) is 0 Å². The lowest BCUT2D eigenvalue weighted by atomic mass is 10.0. The molecule has 0 spiro atoms. The fraction of sp³-hybridized carbons (Fsp3) is 0.650. The van der Waals surface area contributed by atoms with Crippen molar-refractivity contribution < 1.29 is 18.3 Å². The average Bonchev–Trinajstić information content (AvgIpc) is 2.58. The van der Waals surface area contributed by atoms with Crippen molar-refractivity contribution in [3.63, 3.8) is 0 Å². The van der Waals surface area contributed by atoms with Crippen molar-refractivity contribution in [3.8, 4) is 0 Å². The Labute approximate surface area is 158 Å². The number of hydrogen-bond donors (Lipinski definition) is 2. The molecule has 1 rings (SSSR count). The third kappa shape index (κ3) is 11.3. The summed E-state index contributed by atoms with van der Waals surface area (Å²) in [5.41, 5.74) is 1.15. The van der Waals surface area contributed by atoms with Crippen molar-refractivity contribution in [1.82, 2.24) is 0 Å². The highest BCUT2D eigenvalue weighted by atomic mass is 32.2. The number of aryl methyl sites for hydroxylation is 1. The van der Waals surface area contributed by atoms with Gasteiger partial charge in [-0.15, -0.1) is 0 Å². The smallest absolute Gasteiger partial charge is 0.303 e. The minimum absolute atomic E-state index is 0.170. The third-order valence-electron chi connectivity index (χ3n) is 4.61. The number of primary sulfonamides is 1. The second-order valence-electron chi connectivity index (χ2n) is 6.97. The molecule has 0 atom stereocenters. The molecular weight excluding hydrogens is 350 g/mol. The Balaban J connectivity index is 1.93. The fourth-order valence-corrected chi connectivity index (χ4v) is 3.56. The van der Waals surface area contributed by atoms with Gasteiger partial charge >= 0.3 is 5.97 Å². The Hall–Kier alpha value is -1.40. The molecule has 0 aliphatic heterocycles. The van der Waals surface area contributed by atoms with Gasteiger partial charge in [0.05, 0.1) is 4.90 Å². The van der Waals surface area contributed by atoms with E-state index in [-0.39, 0.29) is 4.90 Å². The van der Waals surface area contributed by atoms with E-state index in [4.69, 9.17) is 10.2 Å². The van der Waals surface area contributed by atoms with Crippen LogP contribution in [0.2, 0.25) is 0 Å². The van der Waals surface area contributed by atoms with E-state index in [1.54, 1.807) is 12.1 Å². The molecule has 0 saturated heterocycles. The summed E-state index contributed by atoms with van der Waals surface area (Å²) in [4.78, 5) is 10.6. The van der Waals surface area contributed by atoms with E-state index < -0.39 is 16.0 Å². The molecule has 148 valence electrons. The number of carbonyl (C=O) groups is 1. The number of benzene rings is 1. The summed E-state index contributed by atoms with van der Waals surface area (Å²) in [5, 5.41) is 13.6. The molecule has 0 fully saturated rings. The van der Waals surface area contributed by atoms with E-state index in [0.717, 1.165) is 37.7 Å². The molecule has 5 nitrogen and oxygen atoms in total. The van der Waals surface area contributed by atoms with E-state index in [0.29, 0.717) is 6.42 Å². The lowest BCUT2D eigenvalue weighted by Crippen LogP contribution is -2.11. The molecule has 26 heavy (non-hydrogen) atoms. The van der Waals surface area contributed by atoms with E-state index in [9.17, 15) is 13.2 Å². The minimum Gasteiger partial charge on any atom is -0.481 e. The fourth-order valence-electron chi connectivity index (χ4n) is 3.04. The van der Waals surface area contributed by atoms with Gasteiger partial charge in [-0.25, -0.2) is 13.6 Å². The number of aliphatic carboxylic acids is 1. The van der Waals surface area contributed by atoms with Crippen LogP contribution in [0.1, 0.15) is 82.6 Å². The Morgan fingerprint density at radius 1 is 0.769 bits per heavy atom. The van der Waals surface area contributed by atoms with Crippen molar-refractivity contribution in [2.24, 2.45) is 5.14 Å². The van der Waals surface area contributed by atoms with E-state index in [2.05, 4.69) is 0 Å². The molecular formula is C20H33NO4S. The lowest BCUT2D eigenvalue weighted by molar-refractivity contribution is -0.137. The second kappa shape index (κ2) is 12.9. The van der Waals surface area contributed by atoms with Gasteiger partial charge in [0.25, 0.3) is 0 Å². The zero-order valence-corrected chi connectivity index (χ0v) is 16.5. The molecule has 6 heteroatoms. The van der Waals surface area contributed by atoms with Gasteiger partial charge in [-0.05, 0) is 37.0 Å². The minimum atomic E-state index is -3.59. The molecule has 0 aliphatic carbocycles. The summed E-state index contributed by atoms with van der Waals surface area (Å²) in [6, 6.07) is 6.84. The van der Waals surface area contributed by atoms with Crippen LogP contribution in [-0.4, -0.2) is 19.5 Å². The number of sulfonamides is 1. The highest BCUT2D eigenvalue weighted by Gasteiger charge is 2.06. The second-order valence-corrected chi connectivity index (χ2v) is 8.53. The zero-order chi connectivity index (χ0) is 19.3. The number of unbranched alkanes of at least 4 members (excludes halogenated alkanes) is 10. The van der Waals surface area contributed by atoms with Crippen LogP contribution < -0.4 is 5.14 Å². The Bertz CT molecular complexity index is 611. The molecule has 0 radical (unpaired) electrons. The van der Waals surface area contributed by atoms with Crippen LogP contribution in [-0.2, 0) is 21.2 Å². The molecule has 3 N–H and O–H groups in total. The van der Waals surface area contributed by atoms with E-state index in [1.165, 1.54) is 44.9 Å². The molecule has 1 aromatic carbocycles. The quantitative estimate of drug-likeness (QED) is 0.431. The van der Waals surface area contributed by atoms with Crippen LogP contribution in [0.15, 0.2) is 29.2 Å². The van der Waals surface area contributed by atoms with Gasteiger partial charge in [-0.3, -0.25) is 4.79 Å². The maximum absolute atomic E-state index is 11.2. The summed E-state index contributed by atoms with van der Waals surface area (Å²) in [5.74, 6) is -0.689. The van der Waals surface area contributed by atoms with Gasteiger partial charge in [0.15, 0.2) is 0 Å². The van der Waals surface area contributed by atoms with Gasteiger partial charge in [-0.2, -0.15) is 0 Å². The zero-order valence-electron chi connectivity index (χ0n) is 15.7. The van der Waals surface area contributed by atoms with Gasteiger partial charge in [-0.1, -0.05) is 69.9 Å². The molecule has 0 aliphatic rings. The Morgan fingerprint density at radius 2 is 1.19 bits per heavy atom. The monoisotopic (exact) mass is 383 g/mol. The molecule has 0 unspecified atom stereocenters. The van der Waals surface area contributed by atoms with Crippen molar-refractivity contribution in [3.05, 3.63) is 29.8 Å². The normalized spacial score (nSPS) is 11.6. The first kappa shape index (κ1) is 22.6. The molecule has 1 aromatic rings. The largest absolute Gasteiger partial charge is 0.481 e. The predicted molar refractivity (Wildman–Crippen MR) is 105 cm³/mol. The predicted octanol–water partition coefficient (Wildman–Crippen LogP) is 4.64. The lowest BCUT2D eigenvalue weighted by Gasteiger charge is -2.04. The van der Waals surface area contributed by atoms with Crippen LogP contribution in [0, 0.1) is 0 Å². The Morgan fingerprint density at radius 3 is 1.62 bits per heavy atom. The van der Waals surface area contributed by atoms with Gasteiger partial charge in [0, 0.05) is 6.42 Å². The topological polar surface area (TPSA) is 97.5 Å². The molecule has 0 bridgehead atoms. The standard InChI is InChI=1S/C20H33NO4S/c21-26(24,25)19-16-14-18(15-17-19)12-10-8-6-4-2-1-3-5-7-9-11-13-20(22)23/h14-17H,1-13H2,(H,22,23)(H2,21,24,25). The highest BCUT2D eigenvalue weighted by Crippen LogP contribution is 2.14. The van der Waals surface area contributed by atoms with Crippen molar-refractivity contribution in [2.45, 2.75) is 88.4 Å². The van der Waals surface area contributed by atoms with Crippen LogP contribution in [0.25, 0.3) is 0 Å². The number of carboxylic acid groups (broad SMARTS) is 1. The van der Waals surface area contributed by atoms with Crippen molar-refractivity contribution in [2.75, 3.05) is 0 Å². The maximum atomic E-state index is 11.2. The number of carboxylic acids is 1. The number of nitrogens with two attached hydrogens (primary N) is 1. The maximum Gasteiger partial charge on any atom is 0.303 e. The van der Waals surface area contributed by atoms with Crippen LogP contribution in [0.3, 0.4) is 0 Å². The first-order chi connectivity index (χ1) is 12.4. The number of hydrogen-bond acceptors (Lipinski definition) is 3. The summed E-state index contributed by atoms with van der Waals surface area (Å²) in [6.45, 7) is 0. The summed E-state index contributed by atoms with van der Waals surface area (Å²) in [7, 11) is -3.59. The van der Waals surface area contributed by atoms with Crippen molar-refractivity contribution in [1.29, 1.82) is 0 Å². The average molecular weight is 384 g/mol. The molecule has 0 amide bonds. The summed E-state index contributed by atoms with van der Waals surface area (Å²) in [6.07, 6.45) is 14.1. The van der Waals surface area contributed by atoms with E-state index >= 15 is 0 Å². The van der Waals surface area contributed by atoms with Gasteiger partial charge in [0.2, 0.25) is 10.0 Å². The van der Waals surface area contributed by atoms with Gasteiger partial charge < -0.3 is 5.11 Å². The van der Waals surface area contributed by atoms with Crippen LogP contribution in [0.4, 0.5) is 0 Å². The van der Waals surface area contributed by atoms with Crippen LogP contribution in [0.5, 0.6) is 0 Å². The first-order valence-corrected chi connectivity index (χ1v) is 11.3. The first-order valence-electron chi connectivity index (χ1n) is 9.73. The Kier molecular flexibility index (Phi) is 11.2. The van der Waals surface area contributed by atoms with Crippen LogP contribution >= 0.6 is 0 Å². The summed E-state index contributed by atoms with van der Waals surface area (Å²) >= 11 is 0. The molecule has 0 saturated carbocycles. The summed E-state index contributed by atoms with van der Waals surface area (Å²) < 4.78 is 22.4. The highest BCUT2D eigenvalue weighted by molar-refractivity contribution is 7.89. The molecule has 0 aromatic heterocycles. The van der Waals surface area contributed by atoms with Crippen molar-refractivity contribution >= 4 is 16.0 Å². The van der Waals surface area contributed by atoms with E-state index in [1.807, 2.05) is 12.1 Å². The SMILES string of the molecule is NS(=O)(=O)c1ccc(CCCCCCCCCCCCCC(=O)O)cc1. The number of rotatable bonds is 15.